The number of aromatic nitrogens is 2. The average molecular weight is 356 g/mol. The van der Waals surface area contributed by atoms with Crippen LogP contribution in [0.1, 0.15) is 51.1 Å². The molecule has 0 atom stereocenters. The number of hydrogen-bond donors (Lipinski definition) is 0. The van der Waals surface area contributed by atoms with E-state index < -0.39 is 0 Å². The van der Waals surface area contributed by atoms with Crippen molar-refractivity contribution in [3.05, 3.63) is 47.3 Å². The highest BCUT2D eigenvalue weighted by atomic mass is 16.2. The molecular weight excluding hydrogens is 322 g/mol. The Bertz CT molecular complexity index is 703. The fourth-order valence-corrected chi connectivity index (χ4v) is 3.26. The summed E-state index contributed by atoms with van der Waals surface area (Å²) in [7, 11) is 0. The average Bonchev–Trinajstić information content (AvgIpc) is 2.90. The van der Waals surface area contributed by atoms with Crippen LogP contribution < -0.4 is 0 Å². The summed E-state index contributed by atoms with van der Waals surface area (Å²) in [4.78, 5) is 14.7. The fourth-order valence-electron chi connectivity index (χ4n) is 3.26. The summed E-state index contributed by atoms with van der Waals surface area (Å²) in [5.41, 5.74) is 4.40. The van der Waals surface area contributed by atoms with Crippen molar-refractivity contribution in [2.75, 3.05) is 13.1 Å². The number of nitrogens with zero attached hydrogens (tertiary/aromatic N) is 3. The lowest BCUT2D eigenvalue weighted by atomic mass is 10.1. The molecule has 0 unspecified atom stereocenters. The molecule has 0 N–H and O–H groups in total. The normalized spacial score (nSPS) is 11.4. The molecule has 0 aliphatic heterocycles. The lowest BCUT2D eigenvalue weighted by molar-refractivity contribution is -0.132. The predicted octanol–water partition coefficient (Wildman–Crippen LogP) is 4.56. The van der Waals surface area contributed by atoms with Gasteiger partial charge in [0.15, 0.2) is 0 Å². The Hall–Kier alpha value is -2.10. The summed E-state index contributed by atoms with van der Waals surface area (Å²) < 4.78 is 1.96. The number of hydrogen-bond acceptors (Lipinski definition) is 2. The maximum Gasteiger partial charge on any atom is 0.222 e. The molecule has 0 radical (unpaired) electrons. The van der Waals surface area contributed by atoms with E-state index >= 15 is 0 Å². The van der Waals surface area contributed by atoms with E-state index in [4.69, 9.17) is 0 Å². The zero-order valence-corrected chi connectivity index (χ0v) is 17.1. The van der Waals surface area contributed by atoms with E-state index in [1.165, 1.54) is 5.56 Å². The number of aryl methyl sites for hydroxylation is 3. The highest BCUT2D eigenvalue weighted by Gasteiger charge is 2.16. The number of benzene rings is 1. The van der Waals surface area contributed by atoms with E-state index in [2.05, 4.69) is 70.0 Å². The molecule has 0 saturated heterocycles. The molecule has 2 rings (SSSR count). The second kappa shape index (κ2) is 9.02. The van der Waals surface area contributed by atoms with Crippen molar-refractivity contribution in [2.24, 2.45) is 11.8 Å². The quantitative estimate of drug-likeness (QED) is 0.696. The monoisotopic (exact) mass is 355 g/mol. The predicted molar refractivity (Wildman–Crippen MR) is 108 cm³/mol. The van der Waals surface area contributed by atoms with Crippen molar-refractivity contribution < 1.29 is 4.79 Å². The van der Waals surface area contributed by atoms with E-state index in [0.717, 1.165) is 36.6 Å². The summed E-state index contributed by atoms with van der Waals surface area (Å²) >= 11 is 0. The third kappa shape index (κ3) is 5.72. The van der Waals surface area contributed by atoms with E-state index in [9.17, 15) is 4.79 Å². The maximum atomic E-state index is 12.6. The first-order chi connectivity index (χ1) is 12.3. The Labute approximate surface area is 158 Å². The molecule has 1 aromatic carbocycles. The first-order valence-electron chi connectivity index (χ1n) is 9.66. The van der Waals surface area contributed by atoms with Crippen LogP contribution in [0, 0.1) is 25.7 Å². The van der Waals surface area contributed by atoms with Crippen molar-refractivity contribution in [3.63, 3.8) is 0 Å². The zero-order valence-electron chi connectivity index (χ0n) is 17.1. The lowest BCUT2D eigenvalue weighted by Gasteiger charge is -2.26. The highest BCUT2D eigenvalue weighted by molar-refractivity contribution is 5.76. The largest absolute Gasteiger partial charge is 0.342 e. The van der Waals surface area contributed by atoms with Crippen LogP contribution in [-0.2, 0) is 11.2 Å². The molecule has 2 aromatic rings. The number of rotatable bonds is 8. The molecule has 142 valence electrons. The van der Waals surface area contributed by atoms with Gasteiger partial charge >= 0.3 is 0 Å². The molecule has 1 amide bonds. The molecule has 0 bridgehead atoms. The van der Waals surface area contributed by atoms with Crippen LogP contribution in [-0.4, -0.2) is 33.7 Å². The topological polar surface area (TPSA) is 38.1 Å². The van der Waals surface area contributed by atoms with Gasteiger partial charge in [0, 0.05) is 25.2 Å². The summed E-state index contributed by atoms with van der Waals surface area (Å²) in [5.74, 6) is 1.26. The second-order valence-corrected chi connectivity index (χ2v) is 8.09. The smallest absolute Gasteiger partial charge is 0.222 e. The van der Waals surface area contributed by atoms with Crippen molar-refractivity contribution in [1.29, 1.82) is 0 Å². The minimum absolute atomic E-state index is 0.259. The first-order valence-corrected chi connectivity index (χ1v) is 9.66. The van der Waals surface area contributed by atoms with Crippen molar-refractivity contribution in [1.82, 2.24) is 14.7 Å². The van der Waals surface area contributed by atoms with Gasteiger partial charge < -0.3 is 4.90 Å². The molecule has 0 aliphatic carbocycles. The van der Waals surface area contributed by atoms with Crippen LogP contribution >= 0.6 is 0 Å². The van der Waals surface area contributed by atoms with Gasteiger partial charge in [0.1, 0.15) is 0 Å². The van der Waals surface area contributed by atoms with Crippen LogP contribution in [0.3, 0.4) is 0 Å². The Kier molecular flexibility index (Phi) is 7.01. The Morgan fingerprint density at radius 2 is 1.62 bits per heavy atom. The molecule has 0 aliphatic rings. The first kappa shape index (κ1) is 20.2. The number of carbonyl (C=O) groups is 1. The fraction of sp³-hybridized carbons (Fsp3) is 0.545. The Balaban J connectivity index is 1.98. The van der Waals surface area contributed by atoms with Crippen LogP contribution in [0.5, 0.6) is 0 Å². The standard InChI is InChI=1S/C22H33N3O/c1-16(2)14-24(15-17(3)4)22(26)12-9-20-7-10-21(11-8-20)25-19(6)13-18(5)23-25/h7-8,10-11,13,16-17H,9,12,14-15H2,1-6H3. The minimum Gasteiger partial charge on any atom is -0.342 e. The van der Waals surface area contributed by atoms with Gasteiger partial charge in [0.2, 0.25) is 5.91 Å². The van der Waals surface area contributed by atoms with Crippen molar-refractivity contribution >= 4 is 5.91 Å². The zero-order chi connectivity index (χ0) is 19.3. The molecule has 1 heterocycles. The van der Waals surface area contributed by atoms with Crippen LogP contribution in [0.2, 0.25) is 0 Å². The third-order valence-corrected chi connectivity index (χ3v) is 4.34. The third-order valence-electron chi connectivity index (χ3n) is 4.34. The molecule has 0 spiro atoms. The van der Waals surface area contributed by atoms with Gasteiger partial charge in [-0.05, 0) is 55.9 Å². The molecule has 26 heavy (non-hydrogen) atoms. The van der Waals surface area contributed by atoms with E-state index in [0.29, 0.717) is 18.3 Å². The van der Waals surface area contributed by atoms with Crippen LogP contribution in [0.25, 0.3) is 5.69 Å². The van der Waals surface area contributed by atoms with Crippen molar-refractivity contribution in [3.8, 4) is 5.69 Å². The van der Waals surface area contributed by atoms with Crippen LogP contribution in [0.4, 0.5) is 0 Å². The Morgan fingerprint density at radius 1 is 1.04 bits per heavy atom. The van der Waals surface area contributed by atoms with Crippen molar-refractivity contribution in [2.45, 2.75) is 54.4 Å². The minimum atomic E-state index is 0.259. The SMILES string of the molecule is Cc1cc(C)n(-c2ccc(CCC(=O)N(CC(C)C)CC(C)C)cc2)n1. The van der Waals surface area contributed by atoms with Gasteiger partial charge in [0.05, 0.1) is 11.4 Å². The van der Waals surface area contributed by atoms with Gasteiger partial charge in [-0.1, -0.05) is 39.8 Å². The molecule has 1 aromatic heterocycles. The molecule has 4 nitrogen and oxygen atoms in total. The lowest BCUT2D eigenvalue weighted by Crippen LogP contribution is -2.37. The molecule has 4 heteroatoms. The summed E-state index contributed by atoms with van der Waals surface area (Å²) in [6.07, 6.45) is 1.35. The summed E-state index contributed by atoms with van der Waals surface area (Å²) in [6, 6.07) is 10.5. The summed E-state index contributed by atoms with van der Waals surface area (Å²) in [5, 5.41) is 4.52. The van der Waals surface area contributed by atoms with E-state index in [1.54, 1.807) is 0 Å². The number of carbonyl (C=O) groups excluding carboxylic acids is 1. The van der Waals surface area contributed by atoms with Gasteiger partial charge in [-0.15, -0.1) is 0 Å². The summed E-state index contributed by atoms with van der Waals surface area (Å²) in [6.45, 7) is 14.4. The highest BCUT2D eigenvalue weighted by Crippen LogP contribution is 2.15. The maximum absolute atomic E-state index is 12.6. The van der Waals surface area contributed by atoms with E-state index in [1.807, 2.05) is 16.5 Å². The van der Waals surface area contributed by atoms with Gasteiger partial charge in [0.25, 0.3) is 0 Å². The van der Waals surface area contributed by atoms with E-state index in [-0.39, 0.29) is 5.91 Å². The Morgan fingerprint density at radius 3 is 2.08 bits per heavy atom. The van der Waals surface area contributed by atoms with Gasteiger partial charge in [-0.3, -0.25) is 4.79 Å². The van der Waals surface area contributed by atoms with Gasteiger partial charge in [-0.25, -0.2) is 4.68 Å². The molecule has 0 saturated carbocycles. The number of amides is 1. The van der Waals surface area contributed by atoms with Crippen LogP contribution in [0.15, 0.2) is 30.3 Å². The van der Waals surface area contributed by atoms with Gasteiger partial charge in [-0.2, -0.15) is 5.10 Å². The molecule has 0 fully saturated rings. The second-order valence-electron chi connectivity index (χ2n) is 8.09. The molecular formula is C22H33N3O.